The maximum Gasteiger partial charge on any atom is 0.248 e. The van der Waals surface area contributed by atoms with Gasteiger partial charge in [0.1, 0.15) is 0 Å². The lowest BCUT2D eigenvalue weighted by atomic mass is 10.1. The maximum absolute atomic E-state index is 11.0. The number of benzene rings is 2. The smallest absolute Gasteiger partial charge is 0.248 e. The Labute approximate surface area is 115 Å². The monoisotopic (exact) mass is 266 g/mol. The van der Waals surface area contributed by atoms with Gasteiger partial charge in [-0.25, -0.2) is 4.98 Å². The largest absolute Gasteiger partial charge is 0.366 e. The summed E-state index contributed by atoms with van der Waals surface area (Å²) in [7, 11) is 0. The predicted octanol–water partition coefficient (Wildman–Crippen LogP) is 2.27. The molecular formula is C15H14N4O. The van der Waals surface area contributed by atoms with Gasteiger partial charge in [-0.1, -0.05) is 24.3 Å². The number of aromatic amines is 1. The first-order valence-electron chi connectivity index (χ1n) is 6.30. The van der Waals surface area contributed by atoms with Crippen molar-refractivity contribution in [2.45, 2.75) is 6.54 Å². The number of aromatic nitrogens is 2. The van der Waals surface area contributed by atoms with Crippen molar-refractivity contribution >= 4 is 22.9 Å². The molecule has 1 amide bonds. The quantitative estimate of drug-likeness (QED) is 0.677. The summed E-state index contributed by atoms with van der Waals surface area (Å²) >= 11 is 0. The van der Waals surface area contributed by atoms with E-state index in [-0.39, 0.29) is 0 Å². The average Bonchev–Trinajstić information content (AvgIpc) is 2.88. The zero-order chi connectivity index (χ0) is 13.9. The van der Waals surface area contributed by atoms with Crippen LogP contribution in [0.1, 0.15) is 15.9 Å². The highest BCUT2D eigenvalue weighted by Gasteiger charge is 2.02. The van der Waals surface area contributed by atoms with E-state index < -0.39 is 5.91 Å². The van der Waals surface area contributed by atoms with E-state index in [0.717, 1.165) is 22.5 Å². The van der Waals surface area contributed by atoms with Gasteiger partial charge in [0.15, 0.2) is 0 Å². The fourth-order valence-corrected chi connectivity index (χ4v) is 2.01. The molecule has 3 aromatic rings. The van der Waals surface area contributed by atoms with Crippen LogP contribution in [-0.4, -0.2) is 15.9 Å². The van der Waals surface area contributed by atoms with E-state index in [4.69, 9.17) is 5.73 Å². The first-order valence-corrected chi connectivity index (χ1v) is 6.30. The van der Waals surface area contributed by atoms with E-state index in [9.17, 15) is 4.79 Å². The number of nitrogens with two attached hydrogens (primary N) is 1. The maximum atomic E-state index is 11.0. The number of imidazole rings is 1. The number of nitrogens with one attached hydrogen (secondary N) is 2. The Kier molecular flexibility index (Phi) is 3.09. The van der Waals surface area contributed by atoms with E-state index >= 15 is 0 Å². The lowest BCUT2D eigenvalue weighted by molar-refractivity contribution is 0.100. The van der Waals surface area contributed by atoms with Gasteiger partial charge in [0.25, 0.3) is 0 Å². The summed E-state index contributed by atoms with van der Waals surface area (Å²) < 4.78 is 0. The second-order valence-electron chi connectivity index (χ2n) is 4.52. The van der Waals surface area contributed by atoms with E-state index in [2.05, 4.69) is 15.3 Å². The second-order valence-corrected chi connectivity index (χ2v) is 4.52. The number of amides is 1. The van der Waals surface area contributed by atoms with Gasteiger partial charge in [-0.2, -0.15) is 0 Å². The molecule has 0 aliphatic rings. The Morgan fingerprint density at radius 3 is 2.60 bits per heavy atom. The van der Waals surface area contributed by atoms with Crippen LogP contribution < -0.4 is 11.1 Å². The van der Waals surface area contributed by atoms with Crippen LogP contribution in [0.2, 0.25) is 0 Å². The zero-order valence-corrected chi connectivity index (χ0v) is 10.8. The van der Waals surface area contributed by atoms with Crippen molar-refractivity contribution in [3.63, 3.8) is 0 Å². The number of H-pyrrole nitrogens is 1. The molecule has 5 nitrogen and oxygen atoms in total. The highest BCUT2D eigenvalue weighted by atomic mass is 16.1. The molecule has 0 unspecified atom stereocenters. The highest BCUT2D eigenvalue weighted by Crippen LogP contribution is 2.14. The molecule has 0 atom stereocenters. The molecule has 0 saturated carbocycles. The molecule has 2 aromatic carbocycles. The average molecular weight is 266 g/mol. The second kappa shape index (κ2) is 5.05. The van der Waals surface area contributed by atoms with Crippen LogP contribution in [-0.2, 0) is 6.54 Å². The van der Waals surface area contributed by atoms with Crippen LogP contribution >= 0.6 is 0 Å². The van der Waals surface area contributed by atoms with Crippen molar-refractivity contribution in [1.82, 2.24) is 9.97 Å². The third kappa shape index (κ3) is 2.47. The lowest BCUT2D eigenvalue weighted by Crippen LogP contribution is -2.10. The molecule has 5 heteroatoms. The van der Waals surface area contributed by atoms with Gasteiger partial charge in [-0.05, 0) is 29.8 Å². The molecule has 0 bridgehead atoms. The number of carbonyl (C=O) groups excluding carboxylic acids is 1. The minimum Gasteiger partial charge on any atom is -0.366 e. The standard InChI is InChI=1S/C15H14N4O/c16-14(20)11-7-5-10(6-8-11)9-17-15-18-12-3-1-2-4-13(12)19-15/h1-8H,9H2,(H2,16,20)(H2,17,18,19). The Balaban J connectivity index is 1.71. The summed E-state index contributed by atoms with van der Waals surface area (Å²) in [5.74, 6) is 0.312. The number of anilines is 1. The molecule has 4 N–H and O–H groups in total. The third-order valence-corrected chi connectivity index (χ3v) is 3.09. The van der Waals surface area contributed by atoms with E-state index in [1.807, 2.05) is 36.4 Å². The van der Waals surface area contributed by atoms with Crippen LogP contribution in [0.15, 0.2) is 48.5 Å². The van der Waals surface area contributed by atoms with Crippen molar-refractivity contribution in [2.75, 3.05) is 5.32 Å². The molecule has 0 fully saturated rings. The summed E-state index contributed by atoms with van der Waals surface area (Å²) in [6.07, 6.45) is 0. The number of hydrogen-bond donors (Lipinski definition) is 3. The molecule has 0 aliphatic heterocycles. The number of primary amides is 1. The van der Waals surface area contributed by atoms with Gasteiger partial charge in [0, 0.05) is 12.1 Å². The first-order chi connectivity index (χ1) is 9.72. The predicted molar refractivity (Wildman–Crippen MR) is 78.4 cm³/mol. The van der Waals surface area contributed by atoms with Crippen molar-refractivity contribution in [1.29, 1.82) is 0 Å². The minimum atomic E-state index is -0.415. The third-order valence-electron chi connectivity index (χ3n) is 3.09. The number of rotatable bonds is 4. The van der Waals surface area contributed by atoms with Gasteiger partial charge in [0.2, 0.25) is 11.9 Å². The summed E-state index contributed by atoms with van der Waals surface area (Å²) in [6.45, 7) is 0.624. The van der Waals surface area contributed by atoms with Gasteiger partial charge in [-0.3, -0.25) is 4.79 Å². The van der Waals surface area contributed by atoms with Crippen LogP contribution in [0.3, 0.4) is 0 Å². The van der Waals surface area contributed by atoms with Crippen molar-refractivity contribution < 1.29 is 4.79 Å². The van der Waals surface area contributed by atoms with Gasteiger partial charge < -0.3 is 16.0 Å². The Hall–Kier alpha value is -2.82. The fourth-order valence-electron chi connectivity index (χ4n) is 2.01. The lowest BCUT2D eigenvalue weighted by Gasteiger charge is -2.03. The van der Waals surface area contributed by atoms with Crippen LogP contribution in [0.25, 0.3) is 11.0 Å². The molecule has 20 heavy (non-hydrogen) atoms. The SMILES string of the molecule is NC(=O)c1ccc(CNc2nc3ccccc3[nH]2)cc1. The molecular weight excluding hydrogens is 252 g/mol. The van der Waals surface area contributed by atoms with Crippen LogP contribution in [0.5, 0.6) is 0 Å². The summed E-state index contributed by atoms with van der Waals surface area (Å²) in [4.78, 5) is 18.6. The molecule has 0 spiro atoms. The number of para-hydroxylation sites is 2. The van der Waals surface area contributed by atoms with Crippen LogP contribution in [0.4, 0.5) is 5.95 Å². The fraction of sp³-hybridized carbons (Fsp3) is 0.0667. The molecule has 100 valence electrons. The van der Waals surface area contributed by atoms with E-state index in [1.165, 1.54) is 0 Å². The minimum absolute atomic E-state index is 0.415. The van der Waals surface area contributed by atoms with Crippen molar-refractivity contribution in [3.05, 3.63) is 59.7 Å². The Morgan fingerprint density at radius 2 is 1.90 bits per heavy atom. The number of hydrogen-bond acceptors (Lipinski definition) is 3. The molecule has 1 aromatic heterocycles. The molecule has 3 rings (SSSR count). The molecule has 0 saturated heterocycles. The number of carbonyl (C=O) groups is 1. The number of nitrogens with zero attached hydrogens (tertiary/aromatic N) is 1. The molecule has 1 heterocycles. The van der Waals surface area contributed by atoms with Crippen molar-refractivity contribution in [3.8, 4) is 0 Å². The summed E-state index contributed by atoms with van der Waals surface area (Å²) in [6, 6.07) is 15.0. The number of fused-ring (bicyclic) bond motifs is 1. The normalized spacial score (nSPS) is 10.6. The summed E-state index contributed by atoms with van der Waals surface area (Å²) in [5, 5.41) is 3.22. The van der Waals surface area contributed by atoms with Crippen molar-refractivity contribution in [2.24, 2.45) is 5.73 Å². The van der Waals surface area contributed by atoms with Gasteiger partial charge >= 0.3 is 0 Å². The topological polar surface area (TPSA) is 83.8 Å². The Bertz CT molecular complexity index is 713. The molecule has 0 aliphatic carbocycles. The van der Waals surface area contributed by atoms with Gasteiger partial charge in [-0.15, -0.1) is 0 Å². The van der Waals surface area contributed by atoms with E-state index in [0.29, 0.717) is 12.1 Å². The highest BCUT2D eigenvalue weighted by molar-refractivity contribution is 5.92. The Morgan fingerprint density at radius 1 is 1.15 bits per heavy atom. The van der Waals surface area contributed by atoms with E-state index in [1.54, 1.807) is 12.1 Å². The van der Waals surface area contributed by atoms with Gasteiger partial charge in [0.05, 0.1) is 11.0 Å². The summed E-state index contributed by atoms with van der Waals surface area (Å²) in [5.41, 5.74) is 8.69. The zero-order valence-electron chi connectivity index (χ0n) is 10.8. The molecule has 0 radical (unpaired) electrons. The first kappa shape index (κ1) is 12.2. The van der Waals surface area contributed by atoms with Crippen LogP contribution in [0, 0.1) is 0 Å².